The largest absolute Gasteiger partial charge is 0.485 e. The molecule has 5 atom stereocenters. The van der Waals surface area contributed by atoms with Gasteiger partial charge in [0.25, 0.3) is 0 Å². The SMILES string of the molecule is COC1(C)CC[C@@]2(O)[C@H]3Cc4ccc(OCc5ccccc5)c5c4[C@@]2(CCN3CC2CC2)[C@H]1O5. The van der Waals surface area contributed by atoms with E-state index in [1.807, 2.05) is 18.2 Å². The van der Waals surface area contributed by atoms with Crippen molar-refractivity contribution in [3.05, 3.63) is 59.2 Å². The number of nitrogens with zero attached hydrogens (tertiary/aromatic N) is 1. The molecule has 1 N–H and O–H groups in total. The van der Waals surface area contributed by atoms with Crippen molar-refractivity contribution in [2.24, 2.45) is 5.92 Å². The van der Waals surface area contributed by atoms with Gasteiger partial charge in [-0.2, -0.15) is 0 Å². The Kier molecular flexibility index (Phi) is 4.51. The van der Waals surface area contributed by atoms with Gasteiger partial charge in [0.05, 0.1) is 11.0 Å². The van der Waals surface area contributed by atoms with Crippen LogP contribution in [0.1, 0.15) is 55.7 Å². The molecule has 5 heteroatoms. The van der Waals surface area contributed by atoms with E-state index in [1.54, 1.807) is 7.11 Å². The Morgan fingerprint density at radius 2 is 1.91 bits per heavy atom. The van der Waals surface area contributed by atoms with Crippen molar-refractivity contribution in [1.29, 1.82) is 0 Å². The average Bonchev–Trinajstić information content (AvgIpc) is 3.60. The van der Waals surface area contributed by atoms with Crippen LogP contribution in [0.4, 0.5) is 0 Å². The van der Waals surface area contributed by atoms with E-state index in [0.717, 1.165) is 61.8 Å². The first-order chi connectivity index (χ1) is 16.5. The molecular formula is C29H35NO4. The molecule has 2 bridgehead atoms. The first kappa shape index (κ1) is 21.2. The minimum atomic E-state index is -0.806. The van der Waals surface area contributed by atoms with E-state index in [9.17, 15) is 5.11 Å². The Labute approximate surface area is 202 Å². The maximum absolute atomic E-state index is 12.6. The summed E-state index contributed by atoms with van der Waals surface area (Å²) in [5, 5.41) is 12.6. The topological polar surface area (TPSA) is 51.2 Å². The second kappa shape index (κ2) is 7.22. The highest BCUT2D eigenvalue weighted by molar-refractivity contribution is 5.63. The van der Waals surface area contributed by atoms with Crippen LogP contribution in [0, 0.1) is 5.92 Å². The minimum Gasteiger partial charge on any atom is -0.485 e. The Balaban J connectivity index is 1.34. The molecule has 34 heavy (non-hydrogen) atoms. The number of benzene rings is 2. The molecule has 180 valence electrons. The Morgan fingerprint density at radius 1 is 1.09 bits per heavy atom. The lowest BCUT2D eigenvalue weighted by molar-refractivity contribution is -0.237. The van der Waals surface area contributed by atoms with E-state index < -0.39 is 16.6 Å². The number of aliphatic hydroxyl groups is 1. The molecule has 3 fully saturated rings. The molecule has 2 heterocycles. The summed E-state index contributed by atoms with van der Waals surface area (Å²) in [5.74, 6) is 2.44. The third-order valence-electron chi connectivity index (χ3n) is 9.76. The summed E-state index contributed by atoms with van der Waals surface area (Å²) in [6, 6.07) is 14.7. The number of hydrogen-bond acceptors (Lipinski definition) is 5. The number of piperidine rings is 1. The lowest BCUT2D eigenvalue weighted by Gasteiger charge is -2.65. The molecule has 5 nitrogen and oxygen atoms in total. The fourth-order valence-electron chi connectivity index (χ4n) is 7.74. The van der Waals surface area contributed by atoms with Crippen LogP contribution in [0.2, 0.25) is 0 Å². The van der Waals surface area contributed by atoms with E-state index >= 15 is 0 Å². The van der Waals surface area contributed by atoms with Crippen molar-refractivity contribution >= 4 is 0 Å². The van der Waals surface area contributed by atoms with Gasteiger partial charge in [-0.05, 0) is 75.1 Å². The lowest BCUT2D eigenvalue weighted by atomic mass is 9.47. The van der Waals surface area contributed by atoms with Crippen molar-refractivity contribution in [3.63, 3.8) is 0 Å². The number of methoxy groups -OCH3 is 1. The van der Waals surface area contributed by atoms with Crippen LogP contribution >= 0.6 is 0 Å². The molecular weight excluding hydrogens is 426 g/mol. The highest BCUT2D eigenvalue weighted by Crippen LogP contribution is 2.67. The van der Waals surface area contributed by atoms with Gasteiger partial charge in [-0.25, -0.2) is 0 Å². The summed E-state index contributed by atoms with van der Waals surface area (Å²) >= 11 is 0. The van der Waals surface area contributed by atoms with Crippen LogP contribution in [0.25, 0.3) is 0 Å². The van der Waals surface area contributed by atoms with Crippen molar-refractivity contribution in [1.82, 2.24) is 4.90 Å². The molecule has 0 radical (unpaired) electrons. The summed E-state index contributed by atoms with van der Waals surface area (Å²) in [6.45, 7) is 4.80. The molecule has 0 amide bonds. The molecule has 0 aromatic heterocycles. The molecule has 2 saturated carbocycles. The van der Waals surface area contributed by atoms with Crippen molar-refractivity contribution in [2.45, 2.75) is 80.8 Å². The number of ether oxygens (including phenoxy) is 3. The van der Waals surface area contributed by atoms with Gasteiger partial charge in [-0.15, -0.1) is 0 Å². The fourth-order valence-corrected chi connectivity index (χ4v) is 7.74. The first-order valence-electron chi connectivity index (χ1n) is 13.0. The Hall–Kier alpha value is -2.08. The van der Waals surface area contributed by atoms with Gasteiger partial charge < -0.3 is 19.3 Å². The van der Waals surface area contributed by atoms with Gasteiger partial charge in [0.15, 0.2) is 11.5 Å². The van der Waals surface area contributed by atoms with E-state index in [-0.39, 0.29) is 12.1 Å². The molecule has 3 aliphatic carbocycles. The third-order valence-corrected chi connectivity index (χ3v) is 9.76. The Bertz CT molecular complexity index is 1120. The average molecular weight is 462 g/mol. The minimum absolute atomic E-state index is 0.142. The van der Waals surface area contributed by atoms with Crippen LogP contribution in [-0.4, -0.2) is 53.6 Å². The van der Waals surface area contributed by atoms with Gasteiger partial charge >= 0.3 is 0 Å². The first-order valence-corrected chi connectivity index (χ1v) is 13.0. The van der Waals surface area contributed by atoms with Gasteiger partial charge in [0, 0.05) is 25.3 Å². The molecule has 1 unspecified atom stereocenters. The Morgan fingerprint density at radius 3 is 2.68 bits per heavy atom. The zero-order chi connectivity index (χ0) is 23.1. The predicted octanol–water partition coefficient (Wildman–Crippen LogP) is 4.23. The fraction of sp³-hybridized carbons (Fsp3) is 0.586. The second-order valence-corrected chi connectivity index (χ2v) is 11.5. The molecule has 1 saturated heterocycles. The van der Waals surface area contributed by atoms with Crippen LogP contribution in [-0.2, 0) is 23.2 Å². The van der Waals surface area contributed by atoms with Crippen molar-refractivity contribution in [3.8, 4) is 11.5 Å². The zero-order valence-corrected chi connectivity index (χ0v) is 20.3. The maximum Gasteiger partial charge on any atom is 0.166 e. The summed E-state index contributed by atoms with van der Waals surface area (Å²) in [6.07, 6.45) is 5.78. The van der Waals surface area contributed by atoms with Crippen LogP contribution in [0.5, 0.6) is 11.5 Å². The predicted molar refractivity (Wildman–Crippen MR) is 129 cm³/mol. The third kappa shape index (κ3) is 2.72. The molecule has 2 aromatic carbocycles. The van der Waals surface area contributed by atoms with Gasteiger partial charge in [-0.3, -0.25) is 4.90 Å². The number of hydrogen-bond donors (Lipinski definition) is 1. The van der Waals surface area contributed by atoms with Crippen molar-refractivity contribution in [2.75, 3.05) is 20.2 Å². The van der Waals surface area contributed by atoms with Crippen molar-refractivity contribution < 1.29 is 19.3 Å². The van der Waals surface area contributed by atoms with Crippen LogP contribution in [0.3, 0.4) is 0 Å². The van der Waals surface area contributed by atoms with E-state index in [4.69, 9.17) is 14.2 Å². The standard InChI is InChI=1S/C29H35NO4/c1-27(32-2)12-13-29(31)23-16-21-10-11-22(33-18-20-6-4-3-5-7-20)25-24(21)28(29,26(27)34-25)14-15-30(23)17-19-8-9-19/h3-7,10-11,19,23,26,31H,8-9,12-18H2,1-2H3/t23-,26+,27?,28+,29-/m1/s1. The zero-order valence-electron chi connectivity index (χ0n) is 20.3. The van der Waals surface area contributed by atoms with Gasteiger partial charge in [0.1, 0.15) is 18.3 Å². The van der Waals surface area contributed by atoms with Crippen LogP contribution in [0.15, 0.2) is 42.5 Å². The molecule has 7 rings (SSSR count). The van der Waals surface area contributed by atoms with E-state index in [1.165, 1.54) is 24.0 Å². The second-order valence-electron chi connectivity index (χ2n) is 11.5. The van der Waals surface area contributed by atoms with E-state index in [2.05, 4.69) is 36.1 Å². The summed E-state index contributed by atoms with van der Waals surface area (Å²) < 4.78 is 19.4. The molecule has 5 aliphatic rings. The summed E-state index contributed by atoms with van der Waals surface area (Å²) in [7, 11) is 1.80. The monoisotopic (exact) mass is 461 g/mol. The number of rotatable bonds is 6. The maximum atomic E-state index is 12.6. The summed E-state index contributed by atoms with van der Waals surface area (Å²) in [5.41, 5.74) is 1.96. The normalized spacial score (nSPS) is 37.7. The highest BCUT2D eigenvalue weighted by atomic mass is 16.6. The molecule has 2 aromatic rings. The molecule has 1 spiro atoms. The van der Waals surface area contributed by atoms with Crippen LogP contribution < -0.4 is 9.47 Å². The smallest absolute Gasteiger partial charge is 0.166 e. The lowest BCUT2D eigenvalue weighted by Crippen LogP contribution is -2.79. The van der Waals surface area contributed by atoms with E-state index in [0.29, 0.717) is 6.61 Å². The van der Waals surface area contributed by atoms with Gasteiger partial charge in [0.2, 0.25) is 0 Å². The number of likely N-dealkylation sites (tertiary alicyclic amines) is 1. The highest BCUT2D eigenvalue weighted by Gasteiger charge is 2.75. The quantitative estimate of drug-likeness (QED) is 0.698. The summed E-state index contributed by atoms with van der Waals surface area (Å²) in [4.78, 5) is 2.61. The van der Waals surface area contributed by atoms with Gasteiger partial charge in [-0.1, -0.05) is 36.4 Å². The molecule has 2 aliphatic heterocycles.